The van der Waals surface area contributed by atoms with Crippen LogP contribution in [-0.2, 0) is 23.7 Å². The largest absolute Gasteiger partial charge is 0.393 e. The van der Waals surface area contributed by atoms with E-state index in [2.05, 4.69) is 0 Å². The molecule has 0 radical (unpaired) electrons. The van der Waals surface area contributed by atoms with Crippen molar-refractivity contribution >= 4 is 0 Å². The van der Waals surface area contributed by atoms with Gasteiger partial charge in [-0.15, -0.1) is 0 Å². The summed E-state index contributed by atoms with van der Waals surface area (Å²) in [6.45, 7) is 7.42. The molecule has 0 bridgehead atoms. The quantitative estimate of drug-likeness (QED) is 0.735. The maximum absolute atomic E-state index is 9.61. The number of rotatable bonds is 1. The predicted octanol–water partition coefficient (Wildman–Crippen LogP) is 0.377. The Kier molecular flexibility index (Phi) is 2.59. The molecule has 3 fully saturated rings. The Morgan fingerprint density at radius 2 is 1.72 bits per heavy atom. The minimum absolute atomic E-state index is 0.187. The van der Waals surface area contributed by atoms with E-state index in [1.807, 2.05) is 27.7 Å². The van der Waals surface area contributed by atoms with E-state index in [0.29, 0.717) is 0 Å². The molecule has 1 N–H and O–H groups in total. The van der Waals surface area contributed by atoms with Crippen molar-refractivity contribution in [2.75, 3.05) is 13.2 Å². The van der Waals surface area contributed by atoms with E-state index in [9.17, 15) is 5.11 Å². The van der Waals surface area contributed by atoms with Crippen LogP contribution in [0.15, 0.2) is 0 Å². The number of hydrogen-bond donors (Lipinski definition) is 1. The minimum Gasteiger partial charge on any atom is -0.393 e. The van der Waals surface area contributed by atoms with Crippen LogP contribution in [0.5, 0.6) is 0 Å². The Morgan fingerprint density at radius 3 is 2.39 bits per heavy atom. The van der Waals surface area contributed by atoms with Crippen LogP contribution in [0, 0.1) is 0 Å². The van der Waals surface area contributed by atoms with Crippen molar-refractivity contribution in [2.45, 2.75) is 63.4 Å². The Bertz CT molecular complexity index is 354. The summed E-state index contributed by atoms with van der Waals surface area (Å²) < 4.78 is 28.8. The predicted molar refractivity (Wildman–Crippen MR) is 59.6 cm³/mol. The molecule has 0 aromatic carbocycles. The van der Waals surface area contributed by atoms with Gasteiger partial charge in [0.1, 0.15) is 17.8 Å². The normalized spacial score (nSPS) is 48.8. The second-order valence-electron chi connectivity index (χ2n) is 6.04. The summed E-state index contributed by atoms with van der Waals surface area (Å²) in [6.07, 6.45) is -1.25. The lowest BCUT2D eigenvalue weighted by Crippen LogP contribution is -2.60. The summed E-state index contributed by atoms with van der Waals surface area (Å²) in [5.74, 6) is -1.40. The SMILES string of the molecule is CC1(C)O[C@H]2O[C@]3(CO)COC(C)(C)O[C@@H]3[C@H]2O1. The van der Waals surface area contributed by atoms with Crippen LogP contribution in [0.2, 0.25) is 0 Å². The lowest BCUT2D eigenvalue weighted by molar-refractivity contribution is -0.353. The Balaban J connectivity index is 1.88. The second kappa shape index (κ2) is 3.65. The number of ether oxygens (including phenoxy) is 5. The Labute approximate surface area is 106 Å². The number of aliphatic hydroxyl groups excluding tert-OH is 1. The highest BCUT2D eigenvalue weighted by Gasteiger charge is 2.65. The van der Waals surface area contributed by atoms with E-state index in [-0.39, 0.29) is 19.3 Å². The highest BCUT2D eigenvalue weighted by Crippen LogP contribution is 2.47. The molecule has 3 heterocycles. The molecular weight excluding hydrogens is 240 g/mol. The van der Waals surface area contributed by atoms with E-state index in [0.717, 1.165) is 0 Å². The van der Waals surface area contributed by atoms with Gasteiger partial charge in [0.05, 0.1) is 13.2 Å². The molecule has 18 heavy (non-hydrogen) atoms. The Hall–Kier alpha value is -0.240. The zero-order valence-corrected chi connectivity index (χ0v) is 11.1. The monoisotopic (exact) mass is 260 g/mol. The number of hydrogen-bond acceptors (Lipinski definition) is 6. The van der Waals surface area contributed by atoms with Crippen molar-refractivity contribution < 1.29 is 28.8 Å². The first-order valence-electron chi connectivity index (χ1n) is 6.23. The molecule has 0 aromatic heterocycles. The average Bonchev–Trinajstić information content (AvgIpc) is 2.68. The van der Waals surface area contributed by atoms with Crippen LogP contribution in [0.4, 0.5) is 0 Å². The second-order valence-corrected chi connectivity index (χ2v) is 6.04. The zero-order valence-electron chi connectivity index (χ0n) is 11.1. The molecule has 0 saturated carbocycles. The number of fused-ring (bicyclic) bond motifs is 3. The van der Waals surface area contributed by atoms with Gasteiger partial charge in [-0.3, -0.25) is 0 Å². The topological polar surface area (TPSA) is 66.4 Å². The molecule has 0 aliphatic carbocycles. The van der Waals surface area contributed by atoms with Crippen molar-refractivity contribution in [1.29, 1.82) is 0 Å². The smallest absolute Gasteiger partial charge is 0.190 e. The van der Waals surface area contributed by atoms with Gasteiger partial charge in [0, 0.05) is 0 Å². The van der Waals surface area contributed by atoms with Crippen LogP contribution in [0.25, 0.3) is 0 Å². The lowest BCUT2D eigenvalue weighted by Gasteiger charge is -2.45. The molecule has 0 unspecified atom stereocenters. The van der Waals surface area contributed by atoms with Crippen LogP contribution in [-0.4, -0.2) is 54.0 Å². The molecule has 0 aromatic rings. The summed E-state index contributed by atoms with van der Waals surface area (Å²) in [6, 6.07) is 0. The molecule has 3 rings (SSSR count). The molecule has 0 spiro atoms. The Morgan fingerprint density at radius 1 is 1.00 bits per heavy atom. The highest BCUT2D eigenvalue weighted by molar-refractivity contribution is 5.06. The van der Waals surface area contributed by atoms with E-state index < -0.39 is 29.6 Å². The summed E-state index contributed by atoms with van der Waals surface area (Å²) in [4.78, 5) is 0. The average molecular weight is 260 g/mol. The van der Waals surface area contributed by atoms with Gasteiger partial charge in [0.25, 0.3) is 0 Å². The van der Waals surface area contributed by atoms with Crippen molar-refractivity contribution in [3.05, 3.63) is 0 Å². The summed E-state index contributed by atoms with van der Waals surface area (Å²) in [5.41, 5.74) is -0.888. The van der Waals surface area contributed by atoms with Gasteiger partial charge < -0.3 is 28.8 Å². The van der Waals surface area contributed by atoms with Gasteiger partial charge >= 0.3 is 0 Å². The summed E-state index contributed by atoms with van der Waals surface area (Å²) in [7, 11) is 0. The standard InChI is InChI=1S/C12H20O6/c1-10(2)14-6-12(5-13)8(16-10)7-9(18-12)17-11(3,4)15-7/h7-9,13H,5-6H2,1-4H3/t7-,8-,9+,12-/m1/s1. The van der Waals surface area contributed by atoms with E-state index in [4.69, 9.17) is 23.7 Å². The van der Waals surface area contributed by atoms with Crippen LogP contribution in [0.3, 0.4) is 0 Å². The van der Waals surface area contributed by atoms with Crippen molar-refractivity contribution in [3.63, 3.8) is 0 Å². The van der Waals surface area contributed by atoms with Crippen LogP contribution >= 0.6 is 0 Å². The molecule has 3 aliphatic heterocycles. The first-order chi connectivity index (χ1) is 8.27. The van der Waals surface area contributed by atoms with Gasteiger partial charge in [-0.2, -0.15) is 0 Å². The van der Waals surface area contributed by atoms with Crippen LogP contribution < -0.4 is 0 Å². The first kappa shape index (κ1) is 12.8. The minimum atomic E-state index is -0.888. The van der Waals surface area contributed by atoms with Crippen molar-refractivity contribution in [1.82, 2.24) is 0 Å². The first-order valence-corrected chi connectivity index (χ1v) is 6.23. The molecule has 3 aliphatic rings. The highest BCUT2D eigenvalue weighted by atomic mass is 16.9. The molecule has 0 amide bonds. The molecule has 104 valence electrons. The molecule has 3 saturated heterocycles. The zero-order chi connectivity index (χ0) is 13.2. The third kappa shape index (κ3) is 1.79. The fraction of sp³-hybridized carbons (Fsp3) is 1.00. The van der Waals surface area contributed by atoms with E-state index in [1.165, 1.54) is 0 Å². The van der Waals surface area contributed by atoms with Gasteiger partial charge in [-0.25, -0.2) is 0 Å². The van der Waals surface area contributed by atoms with Gasteiger partial charge in [-0.1, -0.05) is 0 Å². The van der Waals surface area contributed by atoms with E-state index >= 15 is 0 Å². The van der Waals surface area contributed by atoms with Crippen LogP contribution in [0.1, 0.15) is 27.7 Å². The van der Waals surface area contributed by atoms with E-state index in [1.54, 1.807) is 0 Å². The maximum Gasteiger partial charge on any atom is 0.190 e. The molecular formula is C12H20O6. The lowest BCUT2D eigenvalue weighted by atomic mass is 9.95. The third-order valence-electron chi connectivity index (χ3n) is 3.60. The third-order valence-corrected chi connectivity index (χ3v) is 3.60. The van der Waals surface area contributed by atoms with Gasteiger partial charge in [-0.05, 0) is 27.7 Å². The summed E-state index contributed by atoms with van der Waals surface area (Å²) >= 11 is 0. The fourth-order valence-corrected chi connectivity index (χ4v) is 2.75. The molecule has 6 heteroatoms. The molecule has 6 nitrogen and oxygen atoms in total. The maximum atomic E-state index is 9.61. The number of aliphatic hydroxyl groups is 1. The van der Waals surface area contributed by atoms with Gasteiger partial charge in [0.15, 0.2) is 17.9 Å². The molecule has 4 atom stereocenters. The van der Waals surface area contributed by atoms with Crippen molar-refractivity contribution in [3.8, 4) is 0 Å². The van der Waals surface area contributed by atoms with Gasteiger partial charge in [0.2, 0.25) is 0 Å². The summed E-state index contributed by atoms with van der Waals surface area (Å²) in [5, 5.41) is 9.61. The van der Waals surface area contributed by atoms with Crippen molar-refractivity contribution in [2.24, 2.45) is 0 Å². The fourth-order valence-electron chi connectivity index (χ4n) is 2.75.